The molecule has 2 heterocycles. The van der Waals surface area contributed by atoms with Gasteiger partial charge < -0.3 is 5.32 Å². The highest BCUT2D eigenvalue weighted by Crippen LogP contribution is 2.42. The van der Waals surface area contributed by atoms with Crippen molar-refractivity contribution < 1.29 is 0 Å². The fourth-order valence-electron chi connectivity index (χ4n) is 3.28. The molecule has 122 valence electrons. The van der Waals surface area contributed by atoms with Crippen molar-refractivity contribution in [3.8, 4) is 11.3 Å². The number of hydrogen-bond donors (Lipinski definition) is 1. The minimum absolute atomic E-state index is 0.417. The summed E-state index contributed by atoms with van der Waals surface area (Å²) in [5, 5.41) is 7.94. The molecular formula is C20H17N5. The van der Waals surface area contributed by atoms with Crippen molar-refractivity contribution in [1.82, 2.24) is 19.6 Å². The van der Waals surface area contributed by atoms with Crippen LogP contribution in [-0.4, -0.2) is 25.6 Å². The van der Waals surface area contributed by atoms with Crippen molar-refractivity contribution >= 4 is 11.6 Å². The van der Waals surface area contributed by atoms with Gasteiger partial charge in [-0.1, -0.05) is 60.7 Å². The van der Waals surface area contributed by atoms with Gasteiger partial charge >= 0.3 is 0 Å². The number of nitrogens with one attached hydrogen (secondary N) is 1. The van der Waals surface area contributed by atoms with Crippen LogP contribution in [0.25, 0.3) is 17.0 Å². The second-order valence-electron chi connectivity index (χ2n) is 6.37. The fraction of sp³-hybridized carbons (Fsp3) is 0.150. The highest BCUT2D eigenvalue weighted by atomic mass is 15.4. The third kappa shape index (κ3) is 2.63. The maximum Gasteiger partial charge on any atom is 0.254 e. The SMILES string of the molecule is c1ccc(-c2cc(N[C@H]3C[C@H]3c3ccccc3)n3ncnc3n2)cc1. The minimum Gasteiger partial charge on any atom is -0.366 e. The summed E-state index contributed by atoms with van der Waals surface area (Å²) in [6, 6.07) is 23.3. The third-order valence-electron chi connectivity index (χ3n) is 4.67. The van der Waals surface area contributed by atoms with Crippen molar-refractivity contribution in [1.29, 1.82) is 0 Å². The summed E-state index contributed by atoms with van der Waals surface area (Å²) in [7, 11) is 0. The summed E-state index contributed by atoms with van der Waals surface area (Å²) in [4.78, 5) is 8.89. The van der Waals surface area contributed by atoms with Gasteiger partial charge in [-0.15, -0.1) is 0 Å². The summed E-state index contributed by atoms with van der Waals surface area (Å²) in [6.45, 7) is 0. The second-order valence-corrected chi connectivity index (χ2v) is 6.37. The Labute approximate surface area is 145 Å². The monoisotopic (exact) mass is 327 g/mol. The molecule has 5 nitrogen and oxygen atoms in total. The normalized spacial score (nSPS) is 19.0. The Morgan fingerprint density at radius 2 is 1.72 bits per heavy atom. The molecule has 1 fully saturated rings. The van der Waals surface area contributed by atoms with Crippen molar-refractivity contribution in [3.63, 3.8) is 0 Å². The first-order valence-electron chi connectivity index (χ1n) is 8.46. The summed E-state index contributed by atoms with van der Waals surface area (Å²) < 4.78 is 1.77. The molecule has 2 atom stereocenters. The van der Waals surface area contributed by atoms with Crippen molar-refractivity contribution in [2.75, 3.05) is 5.32 Å². The molecule has 1 aliphatic carbocycles. The first kappa shape index (κ1) is 14.2. The summed E-state index contributed by atoms with van der Waals surface area (Å²) in [6.07, 6.45) is 2.67. The Hall–Kier alpha value is -3.21. The molecule has 0 amide bonds. The largest absolute Gasteiger partial charge is 0.366 e. The van der Waals surface area contributed by atoms with Crippen LogP contribution in [0.5, 0.6) is 0 Å². The molecule has 1 saturated carbocycles. The zero-order chi connectivity index (χ0) is 16.6. The molecule has 0 radical (unpaired) electrons. The van der Waals surface area contributed by atoms with E-state index in [1.54, 1.807) is 10.8 Å². The fourth-order valence-corrected chi connectivity index (χ4v) is 3.28. The first-order chi connectivity index (χ1) is 12.4. The number of anilines is 1. The lowest BCUT2D eigenvalue weighted by Gasteiger charge is -2.10. The van der Waals surface area contributed by atoms with E-state index >= 15 is 0 Å². The van der Waals surface area contributed by atoms with E-state index in [2.05, 4.69) is 68.9 Å². The average molecular weight is 327 g/mol. The molecule has 0 saturated heterocycles. The smallest absolute Gasteiger partial charge is 0.254 e. The van der Waals surface area contributed by atoms with Crippen LogP contribution in [0.2, 0.25) is 0 Å². The van der Waals surface area contributed by atoms with E-state index in [0.29, 0.717) is 17.7 Å². The molecular weight excluding hydrogens is 310 g/mol. The van der Waals surface area contributed by atoms with Crippen molar-refractivity contribution in [2.45, 2.75) is 18.4 Å². The molecule has 2 aromatic heterocycles. The van der Waals surface area contributed by atoms with E-state index in [9.17, 15) is 0 Å². The molecule has 1 N–H and O–H groups in total. The highest BCUT2D eigenvalue weighted by molar-refractivity contribution is 5.65. The van der Waals surface area contributed by atoms with E-state index in [1.165, 1.54) is 5.56 Å². The molecule has 5 rings (SSSR count). The molecule has 5 heteroatoms. The Morgan fingerprint density at radius 3 is 2.52 bits per heavy atom. The zero-order valence-electron chi connectivity index (χ0n) is 13.6. The van der Waals surface area contributed by atoms with E-state index < -0.39 is 0 Å². The molecule has 0 bridgehead atoms. The topological polar surface area (TPSA) is 55.1 Å². The number of benzene rings is 2. The van der Waals surface area contributed by atoms with Gasteiger partial charge in [-0.25, -0.2) is 4.98 Å². The highest BCUT2D eigenvalue weighted by Gasteiger charge is 2.38. The van der Waals surface area contributed by atoms with Crippen LogP contribution in [0.1, 0.15) is 17.9 Å². The van der Waals surface area contributed by atoms with Crippen LogP contribution < -0.4 is 5.32 Å². The maximum absolute atomic E-state index is 4.62. The van der Waals surface area contributed by atoms with Gasteiger partial charge in [0.15, 0.2) is 0 Å². The van der Waals surface area contributed by atoms with Gasteiger partial charge in [-0.3, -0.25) is 0 Å². The average Bonchev–Trinajstić information content (AvgIpc) is 3.27. The minimum atomic E-state index is 0.417. The molecule has 25 heavy (non-hydrogen) atoms. The number of rotatable bonds is 4. The molecule has 0 aliphatic heterocycles. The van der Waals surface area contributed by atoms with E-state index in [4.69, 9.17) is 0 Å². The molecule has 0 unspecified atom stereocenters. The number of nitrogens with zero attached hydrogens (tertiary/aromatic N) is 4. The lowest BCUT2D eigenvalue weighted by Crippen LogP contribution is -2.10. The van der Waals surface area contributed by atoms with Crippen LogP contribution in [0.3, 0.4) is 0 Å². The predicted octanol–water partition coefficient (Wildman–Crippen LogP) is 3.76. The van der Waals surface area contributed by atoms with Crippen LogP contribution in [0.4, 0.5) is 5.82 Å². The number of fused-ring (bicyclic) bond motifs is 1. The van der Waals surface area contributed by atoms with Gasteiger partial charge in [0.25, 0.3) is 5.78 Å². The quantitative estimate of drug-likeness (QED) is 0.620. The van der Waals surface area contributed by atoms with Gasteiger partial charge in [0.1, 0.15) is 12.1 Å². The van der Waals surface area contributed by atoms with E-state index in [0.717, 1.165) is 23.5 Å². The number of aromatic nitrogens is 4. The van der Waals surface area contributed by atoms with Gasteiger partial charge in [0.2, 0.25) is 0 Å². The summed E-state index contributed by atoms with van der Waals surface area (Å²) in [5.74, 6) is 2.10. The Kier molecular flexibility index (Phi) is 3.23. The molecule has 1 aliphatic rings. The third-order valence-corrected chi connectivity index (χ3v) is 4.67. The second kappa shape index (κ2) is 5.70. The van der Waals surface area contributed by atoms with Crippen molar-refractivity contribution in [3.05, 3.63) is 78.6 Å². The lowest BCUT2D eigenvalue weighted by molar-refractivity contribution is 0.917. The molecule has 2 aromatic carbocycles. The van der Waals surface area contributed by atoms with E-state index in [-0.39, 0.29) is 0 Å². The Balaban J connectivity index is 1.48. The predicted molar refractivity (Wildman–Crippen MR) is 97.4 cm³/mol. The zero-order valence-corrected chi connectivity index (χ0v) is 13.6. The van der Waals surface area contributed by atoms with Gasteiger partial charge in [-0.05, 0) is 12.0 Å². The number of hydrogen-bond acceptors (Lipinski definition) is 4. The Bertz CT molecular complexity index is 1010. The van der Waals surface area contributed by atoms with Crippen molar-refractivity contribution in [2.24, 2.45) is 0 Å². The van der Waals surface area contributed by atoms with E-state index in [1.807, 2.05) is 18.2 Å². The summed E-state index contributed by atoms with van der Waals surface area (Å²) in [5.41, 5.74) is 3.36. The molecule has 4 aromatic rings. The standard InChI is InChI=1S/C20H17N5/c1-3-7-14(8-4-1)16-11-18(16)23-19-12-17(15-9-5-2-6-10-15)24-20-21-13-22-25(19)20/h1-10,12-13,16,18,23H,11H2/t16-,18-/m0/s1. The van der Waals surface area contributed by atoms with Crippen LogP contribution >= 0.6 is 0 Å². The summed E-state index contributed by atoms with van der Waals surface area (Å²) >= 11 is 0. The van der Waals surface area contributed by atoms with Crippen LogP contribution in [0, 0.1) is 0 Å². The first-order valence-corrected chi connectivity index (χ1v) is 8.46. The molecule has 0 spiro atoms. The van der Waals surface area contributed by atoms with Crippen LogP contribution in [0.15, 0.2) is 73.1 Å². The Morgan fingerprint density at radius 1 is 0.960 bits per heavy atom. The maximum atomic E-state index is 4.62. The lowest BCUT2D eigenvalue weighted by atomic mass is 10.1. The van der Waals surface area contributed by atoms with Gasteiger partial charge in [0.05, 0.1) is 5.69 Å². The van der Waals surface area contributed by atoms with Crippen LogP contribution in [-0.2, 0) is 0 Å². The van der Waals surface area contributed by atoms with Gasteiger partial charge in [-0.2, -0.15) is 14.6 Å². The van der Waals surface area contributed by atoms with Gasteiger partial charge in [0, 0.05) is 23.6 Å².